The Morgan fingerprint density at radius 3 is 2.33 bits per heavy atom. The molecule has 1 unspecified atom stereocenters. The van der Waals surface area contributed by atoms with Gasteiger partial charge in [-0.15, -0.1) is 0 Å². The van der Waals surface area contributed by atoms with Crippen molar-refractivity contribution >= 4 is 17.5 Å². The molecule has 1 amide bonds. The van der Waals surface area contributed by atoms with Crippen LogP contribution in [0.5, 0.6) is 5.75 Å². The van der Waals surface area contributed by atoms with Crippen LogP contribution in [0.15, 0.2) is 28.7 Å². The first-order valence-electron chi connectivity index (χ1n) is 14.3. The van der Waals surface area contributed by atoms with E-state index < -0.39 is 99.0 Å². The summed E-state index contributed by atoms with van der Waals surface area (Å²) in [5.41, 5.74) is -1.25. The summed E-state index contributed by atoms with van der Waals surface area (Å²) in [5, 5.41) is 43.6. The molecule has 0 radical (unpaired) electrons. The molecule has 0 bridgehead atoms. The first-order chi connectivity index (χ1) is 19.7. The van der Waals surface area contributed by atoms with E-state index in [9.17, 15) is 48.0 Å². The molecule has 3 atom stereocenters. The fourth-order valence-corrected chi connectivity index (χ4v) is 7.58. The zero-order chi connectivity index (χ0) is 30.7. The van der Waals surface area contributed by atoms with Crippen LogP contribution < -0.4 is 5.73 Å². The summed E-state index contributed by atoms with van der Waals surface area (Å²) in [7, 11) is 1.73. The summed E-state index contributed by atoms with van der Waals surface area (Å²) < 4.78 is 44.0. The Morgan fingerprint density at radius 2 is 1.74 bits per heavy atom. The van der Waals surface area contributed by atoms with Gasteiger partial charge in [-0.1, -0.05) is 25.7 Å². The highest BCUT2D eigenvalue weighted by molar-refractivity contribution is 6.24. The normalized spacial score (nSPS) is 27.1. The van der Waals surface area contributed by atoms with Crippen molar-refractivity contribution in [1.29, 1.82) is 0 Å². The molecule has 0 heterocycles. The topological polar surface area (TPSA) is 161 Å². The maximum atomic E-state index is 14.7. The number of amides is 1. The van der Waals surface area contributed by atoms with Gasteiger partial charge in [-0.05, 0) is 61.8 Å². The first-order valence-corrected chi connectivity index (χ1v) is 14.3. The van der Waals surface area contributed by atoms with E-state index in [1.807, 2.05) is 0 Å². The van der Waals surface area contributed by atoms with Crippen LogP contribution >= 0.6 is 0 Å². The fourth-order valence-electron chi connectivity index (χ4n) is 7.58. The highest BCUT2D eigenvalue weighted by atomic mass is 19.4. The summed E-state index contributed by atoms with van der Waals surface area (Å²) in [4.78, 5) is 40.3. The molecule has 0 aliphatic heterocycles. The van der Waals surface area contributed by atoms with Gasteiger partial charge in [0.1, 0.15) is 22.8 Å². The van der Waals surface area contributed by atoms with Crippen LogP contribution in [0, 0.1) is 17.8 Å². The Labute approximate surface area is 240 Å². The minimum absolute atomic E-state index is 0.107. The van der Waals surface area contributed by atoms with Crippen molar-refractivity contribution < 1.29 is 48.0 Å². The summed E-state index contributed by atoms with van der Waals surface area (Å²) in [5.74, 6) is -8.29. The number of carbonyl (C=O) groups is 3. The second kappa shape index (κ2) is 10.7. The number of primary amides is 1. The van der Waals surface area contributed by atoms with E-state index in [1.54, 1.807) is 11.9 Å². The average molecular weight is 593 g/mol. The van der Waals surface area contributed by atoms with Crippen molar-refractivity contribution in [2.24, 2.45) is 23.5 Å². The number of hydrogen-bond donors (Lipinski definition) is 5. The van der Waals surface area contributed by atoms with Gasteiger partial charge in [0.2, 0.25) is 5.78 Å². The minimum Gasteiger partial charge on any atom is -0.511 e. The second-order valence-corrected chi connectivity index (χ2v) is 12.2. The van der Waals surface area contributed by atoms with Crippen molar-refractivity contribution in [2.75, 3.05) is 13.6 Å². The maximum Gasteiger partial charge on any atom is 0.417 e. The number of aliphatic hydroxyl groups excluding tert-OH is 2. The predicted octanol–water partition coefficient (Wildman–Crippen LogP) is 4.00. The van der Waals surface area contributed by atoms with Crippen LogP contribution in [-0.4, -0.2) is 62.0 Å². The molecule has 0 saturated heterocycles. The number of rotatable bonds is 5. The van der Waals surface area contributed by atoms with E-state index in [-0.39, 0.29) is 18.5 Å². The molecular formula is C30H35F3N2O7. The van der Waals surface area contributed by atoms with Crippen LogP contribution in [0.4, 0.5) is 13.2 Å². The molecule has 4 aliphatic rings. The fraction of sp³-hybridized carbons (Fsp3) is 0.567. The largest absolute Gasteiger partial charge is 0.511 e. The lowest BCUT2D eigenvalue weighted by Gasteiger charge is -2.45. The Bertz CT molecular complexity index is 1410. The Hall–Kier alpha value is -3.38. The molecule has 0 aromatic heterocycles. The van der Waals surface area contributed by atoms with E-state index in [4.69, 9.17) is 5.73 Å². The van der Waals surface area contributed by atoms with Crippen molar-refractivity contribution in [2.45, 2.75) is 76.1 Å². The van der Waals surface area contributed by atoms with Crippen molar-refractivity contribution in [3.05, 3.63) is 51.0 Å². The van der Waals surface area contributed by atoms with E-state index in [2.05, 4.69) is 0 Å². The average Bonchev–Trinajstić information content (AvgIpc) is 3.13. The lowest BCUT2D eigenvalue weighted by atomic mass is 9.60. The third-order valence-electron chi connectivity index (χ3n) is 9.41. The summed E-state index contributed by atoms with van der Waals surface area (Å²) >= 11 is 0. The number of carbonyl (C=O) groups excluding carboxylic acids is 3. The number of ketones is 2. The van der Waals surface area contributed by atoms with Gasteiger partial charge >= 0.3 is 6.18 Å². The Morgan fingerprint density at radius 1 is 1.10 bits per heavy atom. The Kier molecular flexibility index (Phi) is 7.68. The molecule has 1 aromatic rings. The van der Waals surface area contributed by atoms with Crippen molar-refractivity contribution in [3.63, 3.8) is 0 Å². The molecular weight excluding hydrogens is 557 g/mol. The number of aromatic hydroxyl groups is 1. The molecule has 1 fully saturated rings. The van der Waals surface area contributed by atoms with Crippen LogP contribution in [0.3, 0.4) is 0 Å². The molecule has 5 rings (SSSR count). The molecule has 4 aliphatic carbocycles. The SMILES string of the molecule is CN(Cc1cc(O)c2c(c1C(F)(F)F)CC1C[C@H]3CC(O)=C(C(N)=O)C(=O)[C@@]3(O)C(O)=C1C2=O)CC1CCCCCC1. The lowest BCUT2D eigenvalue weighted by Crippen LogP contribution is -2.57. The molecule has 6 N–H and O–H groups in total. The van der Waals surface area contributed by atoms with Gasteiger partial charge in [-0.2, -0.15) is 13.2 Å². The number of hydrogen-bond acceptors (Lipinski definition) is 8. The second-order valence-electron chi connectivity index (χ2n) is 12.2. The predicted molar refractivity (Wildman–Crippen MR) is 143 cm³/mol. The van der Waals surface area contributed by atoms with Crippen LogP contribution in [0.2, 0.25) is 0 Å². The molecule has 0 spiro atoms. The van der Waals surface area contributed by atoms with Gasteiger partial charge in [0.15, 0.2) is 11.4 Å². The zero-order valence-electron chi connectivity index (χ0n) is 23.3. The highest BCUT2D eigenvalue weighted by Gasteiger charge is 2.60. The molecule has 1 saturated carbocycles. The standard InChI is InChI=1S/C30H35F3N2O7/c1-35(12-14-6-4-2-3-5-7-14)13-16-10-19(36)22-18(24(16)30(31,32)33)9-15-8-17-11-20(37)23(28(34)41)27(40)29(17,42)26(39)21(15)25(22)38/h10,14-15,17,36-37,39,42H,2-9,11-13H2,1H3,(H2,34,41)/t15?,17-,29-/m0/s1. The van der Waals surface area contributed by atoms with E-state index in [0.29, 0.717) is 12.5 Å². The molecule has 1 aromatic carbocycles. The monoisotopic (exact) mass is 592 g/mol. The number of allylic oxidation sites excluding steroid dienone is 2. The number of Topliss-reactive ketones (excluding diaryl/α,β-unsaturated/α-hetero) is 2. The van der Waals surface area contributed by atoms with E-state index >= 15 is 0 Å². The number of alkyl halides is 3. The maximum absolute atomic E-state index is 14.7. The van der Waals surface area contributed by atoms with Gasteiger partial charge in [0.05, 0.1) is 11.1 Å². The number of halogens is 3. The summed E-state index contributed by atoms with van der Waals surface area (Å²) in [6.07, 6.45) is 0.481. The number of nitrogens with zero attached hydrogens (tertiary/aromatic N) is 1. The number of phenolic OH excluding ortho intramolecular Hbond substituents is 1. The van der Waals surface area contributed by atoms with Crippen LogP contribution in [-0.2, 0) is 28.7 Å². The molecule has 228 valence electrons. The number of benzene rings is 1. The number of fused-ring (bicyclic) bond motifs is 3. The van der Waals surface area contributed by atoms with E-state index in [0.717, 1.165) is 44.6 Å². The first kappa shape index (κ1) is 30.1. The smallest absolute Gasteiger partial charge is 0.417 e. The summed E-state index contributed by atoms with van der Waals surface area (Å²) in [6, 6.07) is 0.930. The highest BCUT2D eigenvalue weighted by Crippen LogP contribution is 2.53. The zero-order valence-corrected chi connectivity index (χ0v) is 23.3. The van der Waals surface area contributed by atoms with Gasteiger partial charge in [0, 0.05) is 31.0 Å². The van der Waals surface area contributed by atoms with Gasteiger partial charge in [0.25, 0.3) is 5.91 Å². The molecule has 42 heavy (non-hydrogen) atoms. The van der Waals surface area contributed by atoms with Crippen LogP contribution in [0.25, 0.3) is 0 Å². The van der Waals surface area contributed by atoms with Crippen molar-refractivity contribution in [1.82, 2.24) is 4.90 Å². The quantitative estimate of drug-likeness (QED) is 0.253. The number of phenols is 1. The third kappa shape index (κ3) is 4.88. The number of aliphatic hydroxyl groups is 3. The minimum atomic E-state index is -4.87. The summed E-state index contributed by atoms with van der Waals surface area (Å²) in [6.45, 7) is 0.487. The Balaban J connectivity index is 1.56. The lowest BCUT2D eigenvalue weighted by molar-refractivity contribution is -0.144. The number of nitrogens with two attached hydrogens (primary N) is 1. The van der Waals surface area contributed by atoms with E-state index in [1.165, 1.54) is 0 Å². The molecule has 9 nitrogen and oxygen atoms in total. The van der Waals surface area contributed by atoms with Crippen LogP contribution in [0.1, 0.15) is 78.4 Å². The van der Waals surface area contributed by atoms with Gasteiger partial charge in [-0.25, -0.2) is 0 Å². The molecule has 12 heteroatoms. The van der Waals surface area contributed by atoms with Crippen molar-refractivity contribution in [3.8, 4) is 5.75 Å². The van der Waals surface area contributed by atoms with Gasteiger partial charge in [-0.3, -0.25) is 14.4 Å². The third-order valence-corrected chi connectivity index (χ3v) is 9.41. The van der Waals surface area contributed by atoms with Gasteiger partial charge < -0.3 is 31.1 Å².